The van der Waals surface area contributed by atoms with Gasteiger partial charge in [-0.1, -0.05) is 141 Å². The topological polar surface area (TPSA) is 128 Å². The van der Waals surface area contributed by atoms with Crippen molar-refractivity contribution in [3.63, 3.8) is 0 Å². The summed E-state index contributed by atoms with van der Waals surface area (Å²) in [4.78, 5) is 0. The minimum atomic E-state index is -5.18. The number of hydrogen-bond acceptors (Lipinski definition) is 13. The maximum absolute atomic E-state index is 16.8. The molecule has 0 aliphatic heterocycles. The van der Waals surface area contributed by atoms with Gasteiger partial charge in [0.05, 0.1) is 39.6 Å². The Morgan fingerprint density at radius 3 is 0.645 bits per heavy atom. The van der Waals surface area contributed by atoms with E-state index >= 15 is 4.57 Å². The van der Waals surface area contributed by atoms with Crippen LogP contribution < -0.4 is 0 Å². The molecule has 0 aliphatic rings. The van der Waals surface area contributed by atoms with Crippen molar-refractivity contribution >= 4 is 7.82 Å². The molecule has 0 rings (SSSR count). The Bertz CT molecular complexity index is 883. The van der Waals surface area contributed by atoms with Gasteiger partial charge in [0.15, 0.2) is 0 Å². The van der Waals surface area contributed by atoms with Crippen LogP contribution in [0.3, 0.4) is 0 Å². The summed E-state index contributed by atoms with van der Waals surface area (Å²) in [5.41, 5.74) is 0. The zero-order valence-electron chi connectivity index (χ0n) is 42.2. The second kappa shape index (κ2) is 38.8. The Hall–Kier alpha value is -0.250. The van der Waals surface area contributed by atoms with Crippen molar-refractivity contribution in [1.82, 2.24) is 0 Å². The molecule has 0 fully saturated rings. The molecule has 0 saturated heterocycles. The number of rotatable bonds is 48. The first-order chi connectivity index (χ1) is 30.0. The number of phosphoric acid groups is 1. The third-order valence-corrected chi connectivity index (χ3v) is 11.7. The molecule has 0 amide bonds. The van der Waals surface area contributed by atoms with Crippen LogP contribution in [-0.4, -0.2) is 95.7 Å². The molecule has 0 saturated carbocycles. The molecular weight excluding hydrogens is 815 g/mol. The highest BCUT2D eigenvalue weighted by Gasteiger charge is 2.61. The number of unbranched alkanes of at least 4 members (excludes halogenated alkanes) is 9. The zero-order chi connectivity index (χ0) is 46.4. The maximum Gasteiger partial charge on any atom is 0.488 e. The van der Waals surface area contributed by atoms with E-state index in [4.69, 9.17) is 56.2 Å². The fraction of sp³-hybridized carbons (Fsp3) is 1.00. The Balaban J connectivity index is 8.62. The summed E-state index contributed by atoms with van der Waals surface area (Å²) in [6.07, 6.45) is 12.9. The van der Waals surface area contributed by atoms with Gasteiger partial charge in [0.2, 0.25) is 0 Å². The van der Waals surface area contributed by atoms with Crippen LogP contribution >= 0.6 is 7.82 Å². The van der Waals surface area contributed by atoms with E-state index in [0.717, 1.165) is 77.0 Å². The third-order valence-electron chi connectivity index (χ3n) is 10.3. The van der Waals surface area contributed by atoms with Crippen molar-refractivity contribution in [2.24, 2.45) is 0 Å². The monoisotopic (exact) mass is 915 g/mol. The van der Waals surface area contributed by atoms with Crippen LogP contribution in [0.4, 0.5) is 0 Å². The quantitative estimate of drug-likeness (QED) is 0.0327. The molecule has 13 nitrogen and oxygen atoms in total. The first-order valence-electron chi connectivity index (χ1n) is 25.4. The maximum atomic E-state index is 16.8. The van der Waals surface area contributed by atoms with E-state index in [1.807, 2.05) is 20.8 Å². The van der Waals surface area contributed by atoms with E-state index < -0.39 is 44.1 Å². The van der Waals surface area contributed by atoms with Crippen LogP contribution in [0.2, 0.25) is 0 Å². The minimum Gasteiger partial charge on any atom is -0.370 e. The highest BCUT2D eigenvalue weighted by atomic mass is 31.2. The summed E-state index contributed by atoms with van der Waals surface area (Å²) in [5.74, 6) is -6.18. The average Bonchev–Trinajstić information content (AvgIpc) is 3.25. The summed E-state index contributed by atoms with van der Waals surface area (Å²) in [5, 5.41) is 0. The molecule has 3 atom stereocenters. The average molecular weight is 915 g/mol. The first kappa shape index (κ1) is 61.8. The van der Waals surface area contributed by atoms with Crippen LogP contribution in [0.25, 0.3) is 0 Å². The van der Waals surface area contributed by atoms with Crippen LogP contribution in [0, 0.1) is 0 Å². The van der Waals surface area contributed by atoms with E-state index in [9.17, 15) is 0 Å². The van der Waals surface area contributed by atoms with E-state index in [-0.39, 0.29) is 39.6 Å². The van der Waals surface area contributed by atoms with Gasteiger partial charge in [-0.2, -0.15) is 0 Å². The normalized spacial score (nSPS) is 15.2. The summed E-state index contributed by atoms with van der Waals surface area (Å²) in [6.45, 7) is 27.2. The SMILES string of the molecule is CCCCOC(CC)C(OCCCC)(OCCCC)OP(=O)(OC(OCCCC)(OCCCC)C(CC)OCCCC)OC(OCCCC)(OCCCC)C(CC)OCCCC. The Kier molecular flexibility index (Phi) is 38.7. The second-order valence-electron chi connectivity index (χ2n) is 16.1. The van der Waals surface area contributed by atoms with Gasteiger partial charge in [-0.05, 0) is 77.0 Å². The third kappa shape index (κ3) is 24.0. The predicted molar refractivity (Wildman–Crippen MR) is 249 cm³/mol. The van der Waals surface area contributed by atoms with Crippen LogP contribution in [0.5, 0.6) is 0 Å². The zero-order valence-corrected chi connectivity index (χ0v) is 43.1. The lowest BCUT2D eigenvalue weighted by molar-refractivity contribution is -0.432. The van der Waals surface area contributed by atoms with Gasteiger partial charge < -0.3 is 42.6 Å². The second-order valence-corrected chi connectivity index (χ2v) is 17.5. The summed E-state index contributed by atoms with van der Waals surface area (Å²) in [6, 6.07) is 0. The number of ether oxygens (including phenoxy) is 9. The minimum absolute atomic E-state index is 0.224. The molecule has 0 radical (unpaired) electrons. The van der Waals surface area contributed by atoms with Gasteiger partial charge in [0, 0.05) is 19.8 Å². The smallest absolute Gasteiger partial charge is 0.370 e. The van der Waals surface area contributed by atoms with Gasteiger partial charge in [-0.25, -0.2) is 18.1 Å². The molecule has 14 heteroatoms. The van der Waals surface area contributed by atoms with Gasteiger partial charge in [-0.15, -0.1) is 0 Å². The largest absolute Gasteiger partial charge is 0.488 e. The lowest BCUT2D eigenvalue weighted by atomic mass is 10.2. The van der Waals surface area contributed by atoms with Crippen molar-refractivity contribution in [1.29, 1.82) is 0 Å². The van der Waals surface area contributed by atoms with Crippen molar-refractivity contribution < 1.29 is 60.8 Å². The molecule has 3 unspecified atom stereocenters. The molecule has 0 spiro atoms. The van der Waals surface area contributed by atoms with Crippen molar-refractivity contribution in [2.45, 2.75) is 254 Å². The molecule has 0 N–H and O–H groups in total. The predicted octanol–water partition coefficient (Wildman–Crippen LogP) is 13.8. The lowest BCUT2D eigenvalue weighted by Gasteiger charge is -2.46. The van der Waals surface area contributed by atoms with E-state index in [1.165, 1.54) is 0 Å². The van der Waals surface area contributed by atoms with Gasteiger partial charge in [0.25, 0.3) is 0 Å². The van der Waals surface area contributed by atoms with Crippen molar-refractivity contribution in [3.05, 3.63) is 0 Å². The van der Waals surface area contributed by atoms with E-state index in [1.54, 1.807) is 0 Å². The van der Waals surface area contributed by atoms with Crippen LogP contribution in [0.1, 0.15) is 218 Å². The molecule has 0 aliphatic carbocycles. The summed E-state index contributed by atoms with van der Waals surface area (Å²) >= 11 is 0. The van der Waals surface area contributed by atoms with Crippen LogP contribution in [0.15, 0.2) is 0 Å². The molecule has 0 bridgehead atoms. The molecule has 62 heavy (non-hydrogen) atoms. The standard InChI is InChI=1S/C48H99O13P/c1-13-25-34-50-43(22-10)46(53-37-28-16-4,54-38-29-17-5)59-62(49,60-47(55-39-30-18-6,56-40-31-19-7)44(23-11)51-35-26-14-2)61-48(57-41-32-20-8,58-42-33-21-9)45(24-12)52-36-27-15-3/h43-45H,13-42H2,1-12H3. The molecule has 0 aromatic rings. The highest BCUT2D eigenvalue weighted by molar-refractivity contribution is 7.48. The number of hydrogen-bond donors (Lipinski definition) is 0. The highest BCUT2D eigenvalue weighted by Crippen LogP contribution is 2.61. The summed E-state index contributed by atoms with van der Waals surface area (Å²) in [7, 11) is -5.18. The van der Waals surface area contributed by atoms with Crippen molar-refractivity contribution in [3.8, 4) is 0 Å². The Morgan fingerprint density at radius 2 is 0.484 bits per heavy atom. The van der Waals surface area contributed by atoms with Gasteiger partial charge in [0.1, 0.15) is 18.3 Å². The Morgan fingerprint density at radius 1 is 0.306 bits per heavy atom. The molecule has 374 valence electrons. The number of phosphoric ester groups is 1. The van der Waals surface area contributed by atoms with Crippen LogP contribution in [-0.2, 0) is 60.8 Å². The Labute approximate surface area is 381 Å². The summed E-state index contributed by atoms with van der Waals surface area (Å²) < 4.78 is 97.8. The molecular formula is C48H99O13P. The molecule has 0 heterocycles. The van der Waals surface area contributed by atoms with Gasteiger partial charge in [-0.3, -0.25) is 0 Å². The van der Waals surface area contributed by atoms with E-state index in [2.05, 4.69) is 62.3 Å². The van der Waals surface area contributed by atoms with E-state index in [0.29, 0.717) is 77.6 Å². The fourth-order valence-electron chi connectivity index (χ4n) is 6.21. The fourth-order valence-corrected chi connectivity index (χ4v) is 7.93. The van der Waals surface area contributed by atoms with Gasteiger partial charge >= 0.3 is 25.7 Å². The lowest BCUT2D eigenvalue weighted by Crippen LogP contribution is -2.56. The molecule has 0 aromatic heterocycles. The first-order valence-corrected chi connectivity index (χ1v) is 26.9. The molecule has 0 aromatic carbocycles. The van der Waals surface area contributed by atoms with Crippen molar-refractivity contribution in [2.75, 3.05) is 59.5 Å².